The van der Waals surface area contributed by atoms with Gasteiger partial charge in [-0.15, -0.1) is 0 Å². The molecule has 1 saturated carbocycles. The maximum atomic E-state index is 12.4. The second kappa shape index (κ2) is 7.52. The zero-order chi connectivity index (χ0) is 15.1. The molecule has 0 saturated heterocycles. The molecule has 6 nitrogen and oxygen atoms in total. The van der Waals surface area contributed by atoms with Gasteiger partial charge in [0.15, 0.2) is 5.84 Å². The van der Waals surface area contributed by atoms with Crippen molar-refractivity contribution in [2.75, 3.05) is 6.54 Å². The number of urea groups is 1. The van der Waals surface area contributed by atoms with Crippen LogP contribution < -0.4 is 11.1 Å². The minimum Gasteiger partial charge on any atom is -0.409 e. The van der Waals surface area contributed by atoms with E-state index in [9.17, 15) is 4.79 Å². The number of nitrogens with zero attached hydrogens (tertiary/aromatic N) is 2. The smallest absolute Gasteiger partial charge is 0.318 e. The average molecular weight is 290 g/mol. The van der Waals surface area contributed by atoms with E-state index in [1.807, 2.05) is 30.3 Å². The number of carbonyl (C=O) groups is 1. The Balaban J connectivity index is 1.96. The van der Waals surface area contributed by atoms with Crippen LogP contribution in [0, 0.1) is 0 Å². The van der Waals surface area contributed by atoms with E-state index in [1.54, 1.807) is 4.90 Å². The average Bonchev–Trinajstić information content (AvgIpc) is 3.05. The summed E-state index contributed by atoms with van der Waals surface area (Å²) in [6.07, 6.45) is 4.17. The van der Waals surface area contributed by atoms with E-state index in [0.717, 1.165) is 31.2 Å². The fraction of sp³-hybridized carbons (Fsp3) is 0.467. The Kier molecular flexibility index (Phi) is 5.43. The predicted octanol–water partition coefficient (Wildman–Crippen LogP) is 1.89. The fourth-order valence-electron chi connectivity index (χ4n) is 2.66. The molecule has 0 aromatic heterocycles. The van der Waals surface area contributed by atoms with Gasteiger partial charge in [-0.1, -0.05) is 48.3 Å². The molecule has 0 radical (unpaired) electrons. The summed E-state index contributed by atoms with van der Waals surface area (Å²) < 4.78 is 0. The van der Waals surface area contributed by atoms with Gasteiger partial charge < -0.3 is 21.2 Å². The van der Waals surface area contributed by atoms with Gasteiger partial charge in [0.1, 0.15) is 0 Å². The molecule has 2 amide bonds. The third-order valence-corrected chi connectivity index (χ3v) is 3.77. The number of oxime groups is 1. The van der Waals surface area contributed by atoms with Gasteiger partial charge in [-0.2, -0.15) is 0 Å². The summed E-state index contributed by atoms with van der Waals surface area (Å²) in [5, 5.41) is 14.6. The minimum absolute atomic E-state index is 0.0526. The Bertz CT molecular complexity index is 484. The molecule has 0 heterocycles. The van der Waals surface area contributed by atoms with Gasteiger partial charge in [-0.3, -0.25) is 0 Å². The lowest BCUT2D eigenvalue weighted by Crippen LogP contribution is -2.48. The van der Waals surface area contributed by atoms with Gasteiger partial charge in [-0.05, 0) is 18.4 Å². The highest BCUT2D eigenvalue weighted by atomic mass is 16.4. The van der Waals surface area contributed by atoms with Crippen molar-refractivity contribution in [1.29, 1.82) is 0 Å². The van der Waals surface area contributed by atoms with Crippen molar-refractivity contribution in [3.8, 4) is 0 Å². The molecule has 0 atom stereocenters. The van der Waals surface area contributed by atoms with Crippen LogP contribution in [0.25, 0.3) is 0 Å². The zero-order valence-electron chi connectivity index (χ0n) is 12.0. The zero-order valence-corrected chi connectivity index (χ0v) is 12.0. The highest BCUT2D eigenvalue weighted by Crippen LogP contribution is 2.23. The lowest BCUT2D eigenvalue weighted by molar-refractivity contribution is 0.183. The maximum absolute atomic E-state index is 12.4. The van der Waals surface area contributed by atoms with E-state index in [1.165, 1.54) is 0 Å². The molecule has 0 aliphatic heterocycles. The number of hydrogen-bond acceptors (Lipinski definition) is 3. The first-order chi connectivity index (χ1) is 10.2. The van der Waals surface area contributed by atoms with Crippen LogP contribution in [0.1, 0.15) is 31.2 Å². The van der Waals surface area contributed by atoms with Crippen molar-refractivity contribution < 1.29 is 10.0 Å². The van der Waals surface area contributed by atoms with Gasteiger partial charge in [0.25, 0.3) is 0 Å². The van der Waals surface area contributed by atoms with Gasteiger partial charge >= 0.3 is 6.03 Å². The number of hydrogen-bond donors (Lipinski definition) is 3. The summed E-state index contributed by atoms with van der Waals surface area (Å²) in [4.78, 5) is 14.0. The lowest BCUT2D eigenvalue weighted by Gasteiger charge is -2.28. The number of nitrogens with one attached hydrogen (secondary N) is 1. The van der Waals surface area contributed by atoms with Crippen LogP contribution in [0.5, 0.6) is 0 Å². The van der Waals surface area contributed by atoms with E-state index in [0.29, 0.717) is 6.54 Å². The molecule has 21 heavy (non-hydrogen) atoms. The van der Waals surface area contributed by atoms with Crippen LogP contribution in [-0.2, 0) is 6.54 Å². The molecular formula is C15H22N4O2. The van der Waals surface area contributed by atoms with E-state index >= 15 is 0 Å². The molecule has 1 aromatic rings. The van der Waals surface area contributed by atoms with Crippen molar-refractivity contribution in [3.05, 3.63) is 35.9 Å². The Morgan fingerprint density at radius 2 is 2.00 bits per heavy atom. The predicted molar refractivity (Wildman–Crippen MR) is 81.0 cm³/mol. The minimum atomic E-state index is -0.169. The van der Waals surface area contributed by atoms with E-state index in [4.69, 9.17) is 10.9 Å². The number of amides is 2. The highest BCUT2D eigenvalue weighted by Gasteiger charge is 2.27. The van der Waals surface area contributed by atoms with Gasteiger partial charge in [0.2, 0.25) is 0 Å². The third kappa shape index (κ3) is 4.37. The molecule has 1 fully saturated rings. The molecule has 0 unspecified atom stereocenters. The van der Waals surface area contributed by atoms with E-state index in [-0.39, 0.29) is 24.5 Å². The maximum Gasteiger partial charge on any atom is 0.318 e. The van der Waals surface area contributed by atoms with Crippen molar-refractivity contribution in [2.24, 2.45) is 10.9 Å². The number of rotatable bonds is 5. The van der Waals surface area contributed by atoms with E-state index in [2.05, 4.69) is 10.5 Å². The van der Waals surface area contributed by atoms with Crippen LogP contribution >= 0.6 is 0 Å². The van der Waals surface area contributed by atoms with E-state index < -0.39 is 0 Å². The normalized spacial score (nSPS) is 15.9. The first kappa shape index (κ1) is 15.2. The molecule has 4 N–H and O–H groups in total. The van der Waals surface area contributed by atoms with Gasteiger partial charge in [0, 0.05) is 12.6 Å². The Labute approximate surface area is 124 Å². The van der Waals surface area contributed by atoms with Crippen LogP contribution in [-0.4, -0.2) is 34.6 Å². The summed E-state index contributed by atoms with van der Waals surface area (Å²) >= 11 is 0. The highest BCUT2D eigenvalue weighted by molar-refractivity contribution is 5.86. The summed E-state index contributed by atoms with van der Waals surface area (Å²) in [5.74, 6) is 0.0526. The second-order valence-electron chi connectivity index (χ2n) is 5.30. The standard InChI is InChI=1S/C15H22N4O2/c16-14(18-21)11-19(13-8-4-5-9-13)15(20)17-10-12-6-2-1-3-7-12/h1-3,6-7,13,21H,4-5,8-11H2,(H2,16,18)(H,17,20). The quantitative estimate of drug-likeness (QED) is 0.335. The molecule has 1 aliphatic carbocycles. The van der Waals surface area contributed by atoms with Crippen molar-refractivity contribution in [3.63, 3.8) is 0 Å². The topological polar surface area (TPSA) is 91.0 Å². The number of carbonyl (C=O) groups excluding carboxylic acids is 1. The molecule has 114 valence electrons. The first-order valence-corrected chi connectivity index (χ1v) is 7.25. The number of benzene rings is 1. The summed E-state index contributed by atoms with van der Waals surface area (Å²) in [5.41, 5.74) is 6.61. The Hall–Kier alpha value is -2.24. The van der Waals surface area contributed by atoms with Crippen molar-refractivity contribution in [1.82, 2.24) is 10.2 Å². The molecular weight excluding hydrogens is 268 g/mol. The monoisotopic (exact) mass is 290 g/mol. The van der Waals surface area contributed by atoms with Crippen LogP contribution in [0.2, 0.25) is 0 Å². The van der Waals surface area contributed by atoms with Crippen LogP contribution in [0.15, 0.2) is 35.5 Å². The van der Waals surface area contributed by atoms with Crippen molar-refractivity contribution in [2.45, 2.75) is 38.3 Å². The second-order valence-corrected chi connectivity index (χ2v) is 5.30. The Morgan fingerprint density at radius 1 is 1.33 bits per heavy atom. The summed E-state index contributed by atoms with van der Waals surface area (Å²) in [7, 11) is 0. The molecule has 2 rings (SSSR count). The van der Waals surface area contributed by atoms with Gasteiger partial charge in [0.05, 0.1) is 6.54 Å². The number of amidine groups is 1. The SMILES string of the molecule is N/C(CN(C(=O)NCc1ccccc1)C1CCCC1)=N/O. The van der Waals surface area contributed by atoms with Crippen LogP contribution in [0.4, 0.5) is 4.79 Å². The molecule has 0 bridgehead atoms. The molecule has 0 spiro atoms. The number of nitrogens with two attached hydrogens (primary N) is 1. The van der Waals surface area contributed by atoms with Gasteiger partial charge in [-0.25, -0.2) is 4.79 Å². The summed E-state index contributed by atoms with van der Waals surface area (Å²) in [6.45, 7) is 0.626. The summed E-state index contributed by atoms with van der Waals surface area (Å²) in [6, 6.07) is 9.74. The largest absolute Gasteiger partial charge is 0.409 e. The lowest BCUT2D eigenvalue weighted by atomic mass is 10.2. The molecule has 6 heteroatoms. The van der Waals surface area contributed by atoms with Crippen LogP contribution in [0.3, 0.4) is 0 Å². The fourth-order valence-corrected chi connectivity index (χ4v) is 2.66. The first-order valence-electron chi connectivity index (χ1n) is 7.25. The third-order valence-electron chi connectivity index (χ3n) is 3.77. The molecule has 1 aliphatic rings. The Morgan fingerprint density at radius 3 is 2.62 bits per heavy atom. The van der Waals surface area contributed by atoms with Crippen molar-refractivity contribution >= 4 is 11.9 Å². The molecule has 1 aromatic carbocycles.